The molecule has 1 N–H and O–H groups in total. The minimum Gasteiger partial charge on any atom is -0.332 e. The molecule has 2 aromatic heterocycles. The van der Waals surface area contributed by atoms with Gasteiger partial charge in [0.1, 0.15) is 0 Å². The number of hydrogen-bond acceptors (Lipinski definition) is 4. The number of halogens is 1. The van der Waals surface area contributed by atoms with Crippen molar-refractivity contribution < 1.29 is 4.79 Å². The molecule has 0 radical (unpaired) electrons. The van der Waals surface area contributed by atoms with Gasteiger partial charge in [0.2, 0.25) is 5.91 Å². The zero-order valence-corrected chi connectivity index (χ0v) is 15.5. The predicted molar refractivity (Wildman–Crippen MR) is 100 cm³/mol. The summed E-state index contributed by atoms with van der Waals surface area (Å²) in [5.41, 5.74) is 0. The third-order valence-corrected chi connectivity index (χ3v) is 5.85. The van der Waals surface area contributed by atoms with Crippen molar-refractivity contribution in [1.29, 1.82) is 0 Å². The van der Waals surface area contributed by atoms with Crippen molar-refractivity contribution in [3.63, 3.8) is 0 Å². The van der Waals surface area contributed by atoms with Gasteiger partial charge in [0.25, 0.3) is 0 Å². The summed E-state index contributed by atoms with van der Waals surface area (Å²) in [7, 11) is 0. The van der Waals surface area contributed by atoms with Gasteiger partial charge in [-0.05, 0) is 54.7 Å². The van der Waals surface area contributed by atoms with Crippen LogP contribution in [0.15, 0.2) is 35.0 Å². The van der Waals surface area contributed by atoms with E-state index in [0.717, 1.165) is 39.0 Å². The molecule has 6 heteroatoms. The molecule has 2 aromatic rings. The third kappa shape index (κ3) is 5.60. The number of amides is 1. The topological polar surface area (TPSA) is 32.3 Å². The molecular formula is C17H23ClN2OS2. The van der Waals surface area contributed by atoms with E-state index in [2.05, 4.69) is 40.3 Å². The molecule has 126 valence electrons. The highest BCUT2D eigenvalue weighted by Crippen LogP contribution is 2.22. The summed E-state index contributed by atoms with van der Waals surface area (Å²) in [5, 5.41) is 7.53. The first kappa shape index (κ1) is 18.5. The smallest absolute Gasteiger partial charge is 0.223 e. The van der Waals surface area contributed by atoms with E-state index < -0.39 is 0 Å². The molecule has 1 aliphatic heterocycles. The van der Waals surface area contributed by atoms with Crippen LogP contribution in [-0.4, -0.2) is 23.9 Å². The average molecular weight is 371 g/mol. The molecule has 0 bridgehead atoms. The zero-order chi connectivity index (χ0) is 15.2. The Bertz CT molecular complexity index is 529. The quantitative estimate of drug-likeness (QED) is 0.828. The number of carbonyl (C=O) groups is 1. The van der Waals surface area contributed by atoms with Gasteiger partial charge in [-0.2, -0.15) is 0 Å². The maximum atomic E-state index is 12.8. The van der Waals surface area contributed by atoms with Crippen molar-refractivity contribution in [2.45, 2.75) is 32.4 Å². The van der Waals surface area contributed by atoms with Gasteiger partial charge in [0, 0.05) is 16.2 Å². The Morgan fingerprint density at radius 3 is 2.13 bits per heavy atom. The second-order valence-electron chi connectivity index (χ2n) is 5.81. The molecule has 1 fully saturated rings. The normalized spacial score (nSPS) is 15.1. The molecule has 0 spiro atoms. The Morgan fingerprint density at radius 2 is 1.65 bits per heavy atom. The molecule has 23 heavy (non-hydrogen) atoms. The Hall–Kier alpha value is -0.880. The first-order valence-electron chi connectivity index (χ1n) is 7.84. The molecule has 0 aliphatic carbocycles. The number of thiophene rings is 2. The largest absolute Gasteiger partial charge is 0.332 e. The second kappa shape index (κ2) is 9.42. The predicted octanol–water partition coefficient (Wildman–Crippen LogP) is 4.15. The van der Waals surface area contributed by atoms with Crippen LogP contribution < -0.4 is 5.32 Å². The van der Waals surface area contributed by atoms with E-state index in [-0.39, 0.29) is 12.4 Å². The standard InChI is InChI=1S/C17H22N2OS2.ClH/c20-17(11-14-5-7-18-8-6-14)19(12-15-3-1-9-21-15)13-16-4-2-10-22-16;/h1-4,9-10,14,18H,5-8,11-13H2;1H. The lowest BCUT2D eigenvalue weighted by Crippen LogP contribution is -2.34. The molecule has 3 rings (SSSR count). The van der Waals surface area contributed by atoms with Gasteiger partial charge in [0.05, 0.1) is 13.1 Å². The lowest BCUT2D eigenvalue weighted by atomic mass is 9.94. The third-order valence-electron chi connectivity index (χ3n) is 4.13. The summed E-state index contributed by atoms with van der Waals surface area (Å²) < 4.78 is 0. The van der Waals surface area contributed by atoms with Crippen molar-refractivity contribution in [2.75, 3.05) is 13.1 Å². The van der Waals surface area contributed by atoms with Gasteiger partial charge in [0.15, 0.2) is 0 Å². The maximum absolute atomic E-state index is 12.8. The molecule has 0 atom stereocenters. The number of rotatable bonds is 6. The summed E-state index contributed by atoms with van der Waals surface area (Å²) in [4.78, 5) is 17.3. The minimum absolute atomic E-state index is 0. The summed E-state index contributed by atoms with van der Waals surface area (Å²) >= 11 is 3.45. The first-order chi connectivity index (χ1) is 10.8. The van der Waals surface area contributed by atoms with Gasteiger partial charge in [-0.3, -0.25) is 4.79 Å². The highest BCUT2D eigenvalue weighted by molar-refractivity contribution is 7.10. The fraction of sp³-hybridized carbons (Fsp3) is 0.471. The fourth-order valence-corrected chi connectivity index (χ4v) is 4.31. The zero-order valence-electron chi connectivity index (χ0n) is 13.1. The lowest BCUT2D eigenvalue weighted by Gasteiger charge is -2.27. The SMILES string of the molecule is Cl.O=C(CC1CCNCC1)N(Cc1cccs1)Cc1cccs1. The van der Waals surface area contributed by atoms with E-state index >= 15 is 0 Å². The Kier molecular flexibility index (Phi) is 7.56. The Morgan fingerprint density at radius 1 is 1.09 bits per heavy atom. The van der Waals surface area contributed by atoms with Gasteiger partial charge in [-0.1, -0.05) is 12.1 Å². The Balaban J connectivity index is 0.00000192. The van der Waals surface area contributed by atoms with Gasteiger partial charge < -0.3 is 10.2 Å². The monoisotopic (exact) mass is 370 g/mol. The molecule has 0 aromatic carbocycles. The molecular weight excluding hydrogens is 348 g/mol. The van der Waals surface area contributed by atoms with E-state index in [1.54, 1.807) is 22.7 Å². The van der Waals surface area contributed by atoms with Crippen LogP contribution in [0.25, 0.3) is 0 Å². The van der Waals surface area contributed by atoms with Crippen LogP contribution in [0.3, 0.4) is 0 Å². The second-order valence-corrected chi connectivity index (χ2v) is 7.87. The number of nitrogens with one attached hydrogen (secondary N) is 1. The minimum atomic E-state index is 0. The van der Waals surface area contributed by atoms with Crippen molar-refractivity contribution in [2.24, 2.45) is 5.92 Å². The molecule has 0 saturated carbocycles. The van der Waals surface area contributed by atoms with Crippen LogP contribution in [0.4, 0.5) is 0 Å². The van der Waals surface area contributed by atoms with E-state index in [9.17, 15) is 4.79 Å². The molecule has 3 nitrogen and oxygen atoms in total. The fourth-order valence-electron chi connectivity index (χ4n) is 2.88. The van der Waals surface area contributed by atoms with E-state index in [0.29, 0.717) is 18.2 Å². The number of nitrogens with zero attached hydrogens (tertiary/aromatic N) is 1. The van der Waals surface area contributed by atoms with E-state index in [1.807, 2.05) is 4.90 Å². The van der Waals surface area contributed by atoms with Gasteiger partial charge >= 0.3 is 0 Å². The molecule has 1 aliphatic rings. The van der Waals surface area contributed by atoms with Gasteiger partial charge in [-0.25, -0.2) is 0 Å². The van der Waals surface area contributed by atoms with E-state index in [4.69, 9.17) is 0 Å². The Labute approximate surface area is 152 Å². The summed E-state index contributed by atoms with van der Waals surface area (Å²) in [6.07, 6.45) is 2.94. The van der Waals surface area contributed by atoms with Crippen LogP contribution >= 0.6 is 35.1 Å². The molecule has 0 unspecified atom stereocenters. The first-order valence-corrected chi connectivity index (χ1v) is 9.60. The summed E-state index contributed by atoms with van der Waals surface area (Å²) in [5.74, 6) is 0.844. The molecule has 1 saturated heterocycles. The van der Waals surface area contributed by atoms with Crippen LogP contribution in [0.5, 0.6) is 0 Å². The molecule has 3 heterocycles. The average Bonchev–Trinajstić information content (AvgIpc) is 3.21. The lowest BCUT2D eigenvalue weighted by molar-refractivity contribution is -0.133. The van der Waals surface area contributed by atoms with Gasteiger partial charge in [-0.15, -0.1) is 35.1 Å². The maximum Gasteiger partial charge on any atom is 0.223 e. The molecule has 1 amide bonds. The number of piperidine rings is 1. The van der Waals surface area contributed by atoms with Crippen LogP contribution in [0.2, 0.25) is 0 Å². The highest BCUT2D eigenvalue weighted by Gasteiger charge is 2.21. The summed E-state index contributed by atoms with van der Waals surface area (Å²) in [6, 6.07) is 8.34. The summed E-state index contributed by atoms with van der Waals surface area (Å²) in [6.45, 7) is 3.57. The van der Waals surface area contributed by atoms with E-state index in [1.165, 1.54) is 9.75 Å². The van der Waals surface area contributed by atoms with Crippen molar-refractivity contribution >= 4 is 41.0 Å². The highest BCUT2D eigenvalue weighted by atomic mass is 35.5. The van der Waals surface area contributed by atoms with Crippen molar-refractivity contribution in [3.8, 4) is 0 Å². The number of carbonyl (C=O) groups excluding carboxylic acids is 1. The van der Waals surface area contributed by atoms with Crippen LogP contribution in [0.1, 0.15) is 29.0 Å². The number of hydrogen-bond donors (Lipinski definition) is 1. The van der Waals surface area contributed by atoms with Crippen LogP contribution in [0, 0.1) is 5.92 Å². The van der Waals surface area contributed by atoms with Crippen molar-refractivity contribution in [1.82, 2.24) is 10.2 Å². The van der Waals surface area contributed by atoms with Crippen LogP contribution in [-0.2, 0) is 17.9 Å². The van der Waals surface area contributed by atoms with Crippen molar-refractivity contribution in [3.05, 3.63) is 44.8 Å².